The van der Waals surface area contributed by atoms with E-state index >= 15 is 0 Å². The topological polar surface area (TPSA) is 76.3 Å². The lowest BCUT2D eigenvalue weighted by atomic mass is 10.3. The highest BCUT2D eigenvalue weighted by Gasteiger charge is 2.33. The fourth-order valence-corrected chi connectivity index (χ4v) is 3.17. The Bertz CT molecular complexity index is 976. The zero-order valence-electron chi connectivity index (χ0n) is 13.6. The van der Waals surface area contributed by atoms with Crippen LogP contribution >= 0.6 is 11.6 Å². The van der Waals surface area contributed by atoms with E-state index in [9.17, 15) is 18.3 Å². The van der Waals surface area contributed by atoms with Gasteiger partial charge >= 0.3 is 6.61 Å². The summed E-state index contributed by atoms with van der Waals surface area (Å²) in [6.45, 7) is -2.92. The Morgan fingerprint density at radius 3 is 2.78 bits per heavy atom. The van der Waals surface area contributed by atoms with Crippen LogP contribution in [0.2, 0.25) is 5.28 Å². The minimum Gasteiger partial charge on any atom is -0.435 e. The summed E-state index contributed by atoms with van der Waals surface area (Å²) in [5.74, 6) is 0.310. The second-order valence-electron chi connectivity index (χ2n) is 5.97. The molecule has 3 aromatic rings. The second-order valence-corrected chi connectivity index (χ2v) is 6.31. The van der Waals surface area contributed by atoms with Crippen LogP contribution in [-0.4, -0.2) is 56.8 Å². The van der Waals surface area contributed by atoms with E-state index in [-0.39, 0.29) is 24.1 Å². The van der Waals surface area contributed by atoms with Crippen molar-refractivity contribution in [3.8, 4) is 11.4 Å². The molecule has 1 N–H and O–H groups in total. The van der Waals surface area contributed by atoms with Gasteiger partial charge < -0.3 is 14.7 Å². The number of fused-ring (bicyclic) bond motifs is 1. The van der Waals surface area contributed by atoms with E-state index < -0.39 is 18.9 Å². The van der Waals surface area contributed by atoms with Gasteiger partial charge in [-0.1, -0.05) is 6.07 Å². The summed E-state index contributed by atoms with van der Waals surface area (Å²) >= 11 is 6.02. The zero-order valence-corrected chi connectivity index (χ0v) is 14.4. The predicted octanol–water partition coefficient (Wildman–Crippen LogP) is 2.59. The fraction of sp³-hybridized carbons (Fsp3) is 0.312. The zero-order chi connectivity index (χ0) is 19.1. The smallest absolute Gasteiger partial charge is 0.387 e. The van der Waals surface area contributed by atoms with Crippen molar-refractivity contribution < 1.29 is 23.0 Å². The minimum atomic E-state index is -2.95. The lowest BCUT2D eigenvalue weighted by Crippen LogP contribution is -2.22. The summed E-state index contributed by atoms with van der Waals surface area (Å²) in [7, 11) is 0. The van der Waals surface area contributed by atoms with Crippen molar-refractivity contribution in [2.24, 2.45) is 0 Å². The van der Waals surface area contributed by atoms with Gasteiger partial charge in [-0.05, 0) is 23.7 Å². The summed E-state index contributed by atoms with van der Waals surface area (Å²) in [5.41, 5.74) is 0.740. The number of halogens is 4. The van der Waals surface area contributed by atoms with Gasteiger partial charge in [0.05, 0.1) is 23.8 Å². The molecular formula is C16H13ClF3N5O2. The van der Waals surface area contributed by atoms with Gasteiger partial charge in [-0.3, -0.25) is 0 Å². The molecule has 0 bridgehead atoms. The number of benzene rings is 1. The summed E-state index contributed by atoms with van der Waals surface area (Å²) in [4.78, 5) is 9.86. The molecule has 1 aliphatic rings. The van der Waals surface area contributed by atoms with Crippen LogP contribution in [0.4, 0.5) is 19.0 Å². The summed E-state index contributed by atoms with van der Waals surface area (Å²) in [6, 6.07) is 5.94. The number of anilines is 1. The molecule has 2 aromatic heterocycles. The van der Waals surface area contributed by atoms with Crippen molar-refractivity contribution in [1.82, 2.24) is 19.7 Å². The molecule has 7 nitrogen and oxygen atoms in total. The predicted molar refractivity (Wildman–Crippen MR) is 91.4 cm³/mol. The first-order chi connectivity index (χ1) is 12.9. The molecule has 1 aromatic carbocycles. The van der Waals surface area contributed by atoms with E-state index in [0.717, 1.165) is 0 Å². The molecular weight excluding hydrogens is 387 g/mol. The maximum Gasteiger partial charge on any atom is 0.387 e. The van der Waals surface area contributed by atoms with Gasteiger partial charge in [0.25, 0.3) is 0 Å². The second kappa shape index (κ2) is 6.86. The third-order valence-electron chi connectivity index (χ3n) is 4.19. The number of aliphatic hydroxyl groups excluding tert-OH is 1. The summed E-state index contributed by atoms with van der Waals surface area (Å²) in [5, 5.41) is 14.3. The Balaban J connectivity index is 1.78. The molecule has 0 radical (unpaired) electrons. The lowest BCUT2D eigenvalue weighted by Gasteiger charge is -2.17. The first kappa shape index (κ1) is 17.8. The minimum absolute atomic E-state index is 0.0329. The highest BCUT2D eigenvalue weighted by atomic mass is 35.5. The van der Waals surface area contributed by atoms with Crippen molar-refractivity contribution in [2.75, 3.05) is 18.0 Å². The van der Waals surface area contributed by atoms with Crippen LogP contribution in [0.5, 0.6) is 5.75 Å². The van der Waals surface area contributed by atoms with E-state index in [1.807, 2.05) is 0 Å². The van der Waals surface area contributed by atoms with Crippen molar-refractivity contribution in [1.29, 1.82) is 0 Å². The van der Waals surface area contributed by atoms with Crippen LogP contribution in [0.15, 0.2) is 30.5 Å². The van der Waals surface area contributed by atoms with Crippen LogP contribution in [0.25, 0.3) is 16.7 Å². The number of aliphatic hydroxyl groups is 1. The van der Waals surface area contributed by atoms with Gasteiger partial charge in [-0.2, -0.15) is 23.8 Å². The molecule has 0 aliphatic carbocycles. The number of hydrogen-bond acceptors (Lipinski definition) is 6. The van der Waals surface area contributed by atoms with Gasteiger partial charge in [0, 0.05) is 12.6 Å². The molecule has 142 valence electrons. The van der Waals surface area contributed by atoms with Crippen LogP contribution in [0.1, 0.15) is 0 Å². The maximum absolute atomic E-state index is 13.7. The molecule has 11 heteroatoms. The van der Waals surface area contributed by atoms with Crippen LogP contribution in [-0.2, 0) is 0 Å². The molecule has 0 unspecified atom stereocenters. The molecule has 0 spiro atoms. The third-order valence-corrected chi connectivity index (χ3v) is 4.36. The lowest BCUT2D eigenvalue weighted by molar-refractivity contribution is -0.0498. The number of β-amino-alcohol motifs (C(OH)–C–C–N with tert-alkyl or cyclic N) is 1. The monoisotopic (exact) mass is 399 g/mol. The van der Waals surface area contributed by atoms with Gasteiger partial charge in [0.2, 0.25) is 5.28 Å². The van der Waals surface area contributed by atoms with Gasteiger partial charge in [0.1, 0.15) is 23.8 Å². The van der Waals surface area contributed by atoms with E-state index in [1.165, 1.54) is 29.1 Å². The SMILES string of the molecule is O[C@H]1CN(c2nc(Cl)nc3c2cnn3-c2cccc(OC(F)F)c2)C[C@@H]1F. The molecule has 0 saturated carbocycles. The molecule has 27 heavy (non-hydrogen) atoms. The highest BCUT2D eigenvalue weighted by molar-refractivity contribution is 6.28. The molecule has 0 amide bonds. The summed E-state index contributed by atoms with van der Waals surface area (Å²) in [6.07, 6.45) is -1.04. The largest absolute Gasteiger partial charge is 0.435 e. The number of aromatic nitrogens is 4. The molecule has 1 aliphatic heterocycles. The van der Waals surface area contributed by atoms with E-state index in [2.05, 4.69) is 19.8 Å². The standard InChI is InChI=1S/C16H13ClF3N5O2/c17-15-22-13(24-6-11(18)12(26)7-24)10-5-21-25(14(10)23-15)8-2-1-3-9(4-8)27-16(19)20/h1-5,11-12,16,26H,6-7H2/t11-,12-/m0/s1. The summed E-state index contributed by atoms with van der Waals surface area (Å²) < 4.78 is 44.4. The molecule has 2 atom stereocenters. The average Bonchev–Trinajstić information content (AvgIpc) is 3.17. The van der Waals surface area contributed by atoms with Crippen LogP contribution < -0.4 is 9.64 Å². The Kier molecular flexibility index (Phi) is 4.52. The van der Waals surface area contributed by atoms with Gasteiger partial charge in [0.15, 0.2) is 5.65 Å². The third kappa shape index (κ3) is 3.37. The number of alkyl halides is 3. The Morgan fingerprint density at radius 2 is 2.07 bits per heavy atom. The van der Waals surface area contributed by atoms with Crippen molar-refractivity contribution >= 4 is 28.5 Å². The van der Waals surface area contributed by atoms with Crippen molar-refractivity contribution in [3.05, 3.63) is 35.7 Å². The maximum atomic E-state index is 13.7. The average molecular weight is 400 g/mol. The first-order valence-electron chi connectivity index (χ1n) is 7.96. The number of rotatable bonds is 4. The van der Waals surface area contributed by atoms with Crippen LogP contribution in [0.3, 0.4) is 0 Å². The molecule has 4 rings (SSSR count). The molecule has 3 heterocycles. The van der Waals surface area contributed by atoms with Crippen molar-refractivity contribution in [3.63, 3.8) is 0 Å². The normalized spacial score (nSPS) is 20.0. The van der Waals surface area contributed by atoms with Crippen molar-refractivity contribution in [2.45, 2.75) is 18.9 Å². The fourth-order valence-electron chi connectivity index (χ4n) is 3.01. The quantitative estimate of drug-likeness (QED) is 0.680. The van der Waals surface area contributed by atoms with E-state index in [1.54, 1.807) is 11.0 Å². The van der Waals surface area contributed by atoms with Gasteiger partial charge in [-0.15, -0.1) is 0 Å². The first-order valence-corrected chi connectivity index (χ1v) is 8.34. The number of nitrogens with zero attached hydrogens (tertiary/aromatic N) is 5. The highest BCUT2D eigenvalue weighted by Crippen LogP contribution is 2.30. The molecule has 1 saturated heterocycles. The number of hydrogen-bond donors (Lipinski definition) is 1. The number of ether oxygens (including phenoxy) is 1. The molecule has 1 fully saturated rings. The van der Waals surface area contributed by atoms with E-state index in [4.69, 9.17) is 11.6 Å². The van der Waals surface area contributed by atoms with Gasteiger partial charge in [-0.25, -0.2) is 9.07 Å². The Labute approximate surface area is 156 Å². The Morgan fingerprint density at radius 1 is 1.26 bits per heavy atom. The Hall–Kier alpha value is -2.59. The van der Waals surface area contributed by atoms with Crippen LogP contribution in [0, 0.1) is 0 Å². The van der Waals surface area contributed by atoms with E-state index in [0.29, 0.717) is 22.5 Å².